The molecule has 0 aliphatic carbocycles. The van der Waals surface area contributed by atoms with E-state index in [2.05, 4.69) is 20.7 Å². The normalized spacial score (nSPS) is 12.5. The number of alkyl halides is 2. The van der Waals surface area contributed by atoms with Gasteiger partial charge in [-0.25, -0.2) is 13.6 Å². The van der Waals surface area contributed by atoms with Crippen molar-refractivity contribution in [1.82, 2.24) is 0 Å². The van der Waals surface area contributed by atoms with E-state index in [-0.39, 0.29) is 23.5 Å². The van der Waals surface area contributed by atoms with Gasteiger partial charge in [-0.05, 0) is 28.9 Å². The van der Waals surface area contributed by atoms with Crippen LogP contribution in [0.5, 0.6) is 5.75 Å². The van der Waals surface area contributed by atoms with Crippen LogP contribution in [0.4, 0.5) is 17.6 Å². The van der Waals surface area contributed by atoms with Crippen molar-refractivity contribution >= 4 is 34.3 Å². The third-order valence-corrected chi connectivity index (χ3v) is 3.03. The third kappa shape index (κ3) is 3.78. The summed E-state index contributed by atoms with van der Waals surface area (Å²) in [6.07, 6.45) is 0. The number of hydrogen-bond donors (Lipinski definition) is 2. The van der Waals surface area contributed by atoms with Gasteiger partial charge in [0.25, 0.3) is 0 Å². The first-order chi connectivity index (χ1) is 9.14. The van der Waals surface area contributed by atoms with E-state index in [0.717, 1.165) is 0 Å². The Balaban J connectivity index is 0.00000400. The van der Waals surface area contributed by atoms with Crippen LogP contribution in [0.2, 0.25) is 0 Å². The molecule has 0 aliphatic heterocycles. The summed E-state index contributed by atoms with van der Waals surface area (Å²) in [7, 11) is 0. The minimum atomic E-state index is -4.33. The fraction of sp³-hybridized carbons (Fsp3) is 0.364. The molecule has 0 saturated carbocycles. The number of esters is 1. The number of hydrogen-bond acceptors (Lipinski definition) is 4. The second-order valence-electron chi connectivity index (χ2n) is 3.74. The molecule has 1 aromatic carbocycles. The van der Waals surface area contributed by atoms with Crippen LogP contribution in [0, 0.1) is 11.6 Å². The molecule has 0 radical (unpaired) electrons. The zero-order chi connectivity index (χ0) is 15.7. The summed E-state index contributed by atoms with van der Waals surface area (Å²) >= 11 is 2.66. The Labute approximate surface area is 131 Å². The Kier molecular flexibility index (Phi) is 6.91. The topological polar surface area (TPSA) is 72.5 Å². The number of rotatable bonds is 4. The van der Waals surface area contributed by atoms with Crippen molar-refractivity contribution in [2.75, 3.05) is 6.61 Å². The van der Waals surface area contributed by atoms with Gasteiger partial charge in [-0.3, -0.25) is 0 Å². The van der Waals surface area contributed by atoms with Crippen LogP contribution in [0.25, 0.3) is 0 Å². The molecule has 0 unspecified atom stereocenters. The van der Waals surface area contributed by atoms with Gasteiger partial charge < -0.3 is 15.6 Å². The first-order valence-electron chi connectivity index (χ1n) is 5.31. The lowest BCUT2D eigenvalue weighted by Crippen LogP contribution is -2.42. The predicted molar refractivity (Wildman–Crippen MR) is 71.5 cm³/mol. The Morgan fingerprint density at radius 1 is 1.52 bits per heavy atom. The highest BCUT2D eigenvalue weighted by molar-refractivity contribution is 9.10. The fourth-order valence-corrected chi connectivity index (χ4v) is 1.84. The summed E-state index contributed by atoms with van der Waals surface area (Å²) in [5.74, 6) is -10.6. The van der Waals surface area contributed by atoms with Gasteiger partial charge in [0.2, 0.25) is 0 Å². The lowest BCUT2D eigenvalue weighted by Gasteiger charge is -2.23. The fourth-order valence-electron chi connectivity index (χ4n) is 1.42. The lowest BCUT2D eigenvalue weighted by molar-refractivity contribution is -0.175. The highest BCUT2D eigenvalue weighted by Gasteiger charge is 2.50. The van der Waals surface area contributed by atoms with E-state index in [1.54, 1.807) is 0 Å². The molecule has 4 nitrogen and oxygen atoms in total. The number of nitrogens with two attached hydrogens (primary N) is 1. The maximum absolute atomic E-state index is 13.7. The molecule has 1 aromatic rings. The van der Waals surface area contributed by atoms with Gasteiger partial charge in [0.15, 0.2) is 11.6 Å². The van der Waals surface area contributed by atoms with Crippen molar-refractivity contribution in [3.8, 4) is 5.75 Å². The molecule has 0 saturated heterocycles. The number of benzene rings is 1. The van der Waals surface area contributed by atoms with Crippen molar-refractivity contribution in [3.05, 3.63) is 27.7 Å². The summed E-state index contributed by atoms with van der Waals surface area (Å²) in [5, 5.41) is 9.53. The zero-order valence-corrected chi connectivity index (χ0v) is 12.9. The van der Waals surface area contributed by atoms with Crippen molar-refractivity contribution in [2.45, 2.75) is 18.9 Å². The predicted octanol–water partition coefficient (Wildman–Crippen LogP) is 3.05. The molecule has 0 amide bonds. The molecule has 0 bridgehead atoms. The third-order valence-electron chi connectivity index (χ3n) is 2.43. The number of phenols is 1. The van der Waals surface area contributed by atoms with Crippen molar-refractivity contribution in [2.24, 2.45) is 5.73 Å². The number of carbonyl (C=O) groups excluding carboxylic acids is 1. The minimum Gasteiger partial charge on any atom is -0.506 e. The van der Waals surface area contributed by atoms with Crippen LogP contribution in [0.3, 0.4) is 0 Å². The average molecular weight is 397 g/mol. The van der Waals surface area contributed by atoms with Crippen molar-refractivity contribution < 1.29 is 32.2 Å². The summed E-state index contributed by atoms with van der Waals surface area (Å²) in [5.41, 5.74) is 3.89. The molecule has 0 spiro atoms. The van der Waals surface area contributed by atoms with Gasteiger partial charge in [-0.1, -0.05) is 0 Å². The first kappa shape index (κ1) is 19.9. The largest absolute Gasteiger partial charge is 0.506 e. The Hall–Kier alpha value is -1.06. The monoisotopic (exact) mass is 395 g/mol. The Morgan fingerprint density at radius 3 is 2.52 bits per heavy atom. The minimum absolute atomic E-state index is 0. The number of carbonyl (C=O) groups is 1. The van der Waals surface area contributed by atoms with Gasteiger partial charge in [0.05, 0.1) is 16.6 Å². The molecule has 1 rings (SSSR count). The van der Waals surface area contributed by atoms with Crippen LogP contribution < -0.4 is 5.73 Å². The van der Waals surface area contributed by atoms with Crippen LogP contribution in [0.1, 0.15) is 18.5 Å². The van der Waals surface area contributed by atoms with Crippen LogP contribution in [0.15, 0.2) is 10.5 Å². The maximum atomic E-state index is 13.7. The highest BCUT2D eigenvalue weighted by atomic mass is 79.9. The van der Waals surface area contributed by atoms with Gasteiger partial charge in [-0.15, -0.1) is 12.4 Å². The van der Waals surface area contributed by atoms with Gasteiger partial charge >= 0.3 is 11.9 Å². The number of ether oxygens (including phenoxy) is 1. The smallest absolute Gasteiger partial charge is 0.379 e. The summed E-state index contributed by atoms with van der Waals surface area (Å²) in [4.78, 5) is 11.1. The standard InChI is InChI=1S/C11H10BrF4NO3.ClH/c1-2-20-10(19)11(15,16)9(17)6-7(14)5(13)3-4(12)8(6)18;/h3,9,18H,2,17H2,1H3;1H/t9-;/m0./s1. The van der Waals surface area contributed by atoms with Crippen LogP contribution in [-0.2, 0) is 9.53 Å². The van der Waals surface area contributed by atoms with E-state index in [1.807, 2.05) is 0 Å². The molecule has 1 atom stereocenters. The molecule has 10 heteroatoms. The number of phenolic OH excluding ortho intramolecular Hbond substituents is 1. The highest BCUT2D eigenvalue weighted by Crippen LogP contribution is 2.40. The van der Waals surface area contributed by atoms with Crippen molar-refractivity contribution in [1.29, 1.82) is 0 Å². The molecule has 0 fully saturated rings. The van der Waals surface area contributed by atoms with Crippen LogP contribution >= 0.6 is 28.3 Å². The molecule has 0 heterocycles. The van der Waals surface area contributed by atoms with E-state index in [1.165, 1.54) is 6.92 Å². The Bertz CT molecular complexity index is 518. The van der Waals surface area contributed by atoms with Gasteiger partial charge in [-0.2, -0.15) is 8.78 Å². The SMILES string of the molecule is CCOC(=O)C(F)(F)[C@@H](N)c1c(O)c(Br)cc(F)c1F.Cl. The maximum Gasteiger partial charge on any atom is 0.379 e. The summed E-state index contributed by atoms with van der Waals surface area (Å²) < 4.78 is 57.9. The molecule has 3 N–H and O–H groups in total. The molecule has 0 aliphatic rings. The van der Waals surface area contributed by atoms with E-state index in [9.17, 15) is 27.5 Å². The quantitative estimate of drug-likeness (QED) is 0.466. The first-order valence-corrected chi connectivity index (χ1v) is 6.10. The number of aromatic hydroxyl groups is 1. The van der Waals surface area contributed by atoms with E-state index in [4.69, 9.17) is 5.73 Å². The molecule has 0 aromatic heterocycles. The van der Waals surface area contributed by atoms with E-state index < -0.39 is 40.9 Å². The van der Waals surface area contributed by atoms with Gasteiger partial charge in [0, 0.05) is 0 Å². The second-order valence-corrected chi connectivity index (χ2v) is 4.59. The molecule has 120 valence electrons. The zero-order valence-electron chi connectivity index (χ0n) is 10.5. The van der Waals surface area contributed by atoms with Crippen LogP contribution in [-0.4, -0.2) is 23.6 Å². The van der Waals surface area contributed by atoms with Gasteiger partial charge in [0.1, 0.15) is 11.8 Å². The molecule has 21 heavy (non-hydrogen) atoms. The van der Waals surface area contributed by atoms with E-state index >= 15 is 0 Å². The summed E-state index contributed by atoms with van der Waals surface area (Å²) in [6.45, 7) is 0.943. The second kappa shape index (κ2) is 7.28. The number of halogens is 6. The van der Waals surface area contributed by atoms with E-state index in [0.29, 0.717) is 6.07 Å². The average Bonchev–Trinajstić information content (AvgIpc) is 2.36. The summed E-state index contributed by atoms with van der Waals surface area (Å²) in [6, 6.07) is -2.06. The molecular formula is C11H11BrClF4NO3. The van der Waals surface area contributed by atoms with Crippen molar-refractivity contribution in [3.63, 3.8) is 0 Å². The Morgan fingerprint density at radius 2 is 2.05 bits per heavy atom. The molecular weight excluding hydrogens is 385 g/mol. The lowest BCUT2D eigenvalue weighted by atomic mass is 9.99.